The average Bonchev–Trinajstić information content (AvgIpc) is 2.47. The first kappa shape index (κ1) is 15.2. The molecule has 9 heteroatoms. The van der Waals surface area contributed by atoms with Crippen LogP contribution in [0.15, 0.2) is 0 Å². The van der Waals surface area contributed by atoms with E-state index in [2.05, 4.69) is 15.0 Å². The summed E-state index contributed by atoms with van der Waals surface area (Å²) in [4.78, 5) is 34.1. The number of aromatic nitrogens is 1. The topological polar surface area (TPSA) is 85.4 Å². The Kier molecular flexibility index (Phi) is 7.52. The van der Waals surface area contributed by atoms with E-state index in [1.54, 1.807) is 0 Å². The number of hydrogen-bond acceptors (Lipinski definition) is 6. The maximum Gasteiger partial charge on any atom is 0.378 e. The van der Waals surface area contributed by atoms with E-state index in [0.717, 1.165) is 11.3 Å². The first-order chi connectivity index (χ1) is 6.67. The molecule has 0 aliphatic carbocycles. The molecule has 6 nitrogen and oxygen atoms in total. The van der Waals surface area contributed by atoms with Gasteiger partial charge in [0.25, 0.3) is 5.88 Å². The third kappa shape index (κ3) is 4.68. The minimum atomic E-state index is -1.10. The number of nitrogens with one attached hydrogen (secondary N) is 1. The van der Waals surface area contributed by atoms with Crippen molar-refractivity contribution in [3.8, 4) is 5.88 Å². The molecule has 1 aromatic rings. The Labute approximate surface area is 136 Å². The maximum atomic E-state index is 10.5. The average molecular weight is 274 g/mol. The van der Waals surface area contributed by atoms with Crippen LogP contribution in [0.2, 0.25) is 4.34 Å². The van der Waals surface area contributed by atoms with Gasteiger partial charge in [-0.15, -0.1) is 0 Å². The third-order valence-corrected chi connectivity index (χ3v) is 2.18. The van der Waals surface area contributed by atoms with E-state index >= 15 is 0 Å². The number of ether oxygens (including phenoxy) is 1. The molecule has 0 saturated carbocycles. The van der Waals surface area contributed by atoms with Crippen LogP contribution in [0.1, 0.15) is 0 Å². The van der Waals surface area contributed by atoms with Gasteiger partial charge in [0.1, 0.15) is 0 Å². The number of nitrogens with zero attached hydrogens (tertiary/aromatic N) is 1. The number of halogens is 1. The van der Waals surface area contributed by atoms with Gasteiger partial charge in [0.05, 0.1) is 0 Å². The van der Waals surface area contributed by atoms with Crippen LogP contribution in [0.25, 0.3) is 0 Å². The number of carbonyl (C=O) groups excluding carboxylic acids is 3. The minimum absolute atomic E-state index is 0. The van der Waals surface area contributed by atoms with Gasteiger partial charge in [0, 0.05) is 51.4 Å². The summed E-state index contributed by atoms with van der Waals surface area (Å²) in [5.41, 5.74) is 0. The Morgan fingerprint density at radius 2 is 2.20 bits per heavy atom. The number of thiazole rings is 1. The first-order valence-electron chi connectivity index (χ1n) is 3.21. The summed E-state index contributed by atoms with van der Waals surface area (Å²) in [7, 11) is 0. The number of hydrogen-bond donors (Lipinski definition) is 1. The largest absolute Gasteiger partial charge is 0.399 e. The van der Waals surface area contributed by atoms with Gasteiger partial charge in [0.15, 0.2) is 9.47 Å². The summed E-state index contributed by atoms with van der Waals surface area (Å²) < 4.78 is 4.50. The molecule has 0 unspecified atom stereocenters. The van der Waals surface area contributed by atoms with Crippen molar-refractivity contribution in [3.63, 3.8) is 0 Å². The molecule has 1 amide bonds. The zero-order chi connectivity index (χ0) is 10.6. The second kappa shape index (κ2) is 7.44. The van der Waals surface area contributed by atoms with E-state index in [0.29, 0.717) is 6.41 Å². The summed E-state index contributed by atoms with van der Waals surface area (Å²) in [6.07, 6.45) is 0.392. The molecule has 1 aromatic heterocycles. The Balaban J connectivity index is 0.00000196. The molecule has 1 N–H and O–H groups in total. The van der Waals surface area contributed by atoms with Gasteiger partial charge in [0.2, 0.25) is 12.7 Å². The van der Waals surface area contributed by atoms with Crippen LogP contribution in [-0.4, -0.2) is 75.0 Å². The second-order valence-corrected chi connectivity index (χ2v) is 3.50. The van der Waals surface area contributed by atoms with Crippen LogP contribution < -0.4 is 10.1 Å². The number of amides is 1. The van der Waals surface area contributed by atoms with Gasteiger partial charge in [-0.05, 0) is 0 Å². The second-order valence-electron chi connectivity index (χ2n) is 1.90. The van der Waals surface area contributed by atoms with Crippen LogP contribution in [0.3, 0.4) is 0 Å². The van der Waals surface area contributed by atoms with E-state index in [1.165, 1.54) is 0 Å². The maximum absolute atomic E-state index is 10.5. The fourth-order valence-corrected chi connectivity index (χ4v) is 1.46. The number of esters is 1. The van der Waals surface area contributed by atoms with Crippen molar-refractivity contribution in [1.82, 2.24) is 4.98 Å². The van der Waals surface area contributed by atoms with Crippen LogP contribution in [-0.2, 0) is 14.4 Å². The van der Waals surface area contributed by atoms with Gasteiger partial charge >= 0.3 is 5.97 Å². The van der Waals surface area contributed by atoms with Crippen LogP contribution in [0.4, 0.5) is 5.13 Å². The third-order valence-electron chi connectivity index (χ3n) is 1.03. The molecule has 1 radical (unpaired) electrons. The molecule has 15 heavy (non-hydrogen) atoms. The van der Waals surface area contributed by atoms with Gasteiger partial charge in [-0.3, -0.25) is 9.59 Å². The fraction of sp³-hybridized carbons (Fsp3) is 0. The predicted molar refractivity (Wildman–Crippen MR) is 54.3 cm³/mol. The molecule has 0 atom stereocenters. The van der Waals surface area contributed by atoms with Crippen molar-refractivity contribution >= 4 is 98.1 Å². The number of carbonyl (C=O) groups is 3. The van der Waals surface area contributed by atoms with E-state index in [-0.39, 0.29) is 73.0 Å². The van der Waals surface area contributed by atoms with Gasteiger partial charge < -0.3 is 10.1 Å². The van der Waals surface area contributed by atoms with Crippen molar-refractivity contribution in [2.45, 2.75) is 0 Å². The summed E-state index contributed by atoms with van der Waals surface area (Å²) in [5.74, 6) is -1.30. The van der Waals surface area contributed by atoms with E-state index < -0.39 is 5.97 Å². The molecule has 0 fully saturated rings. The monoisotopic (exact) mass is 273 g/mol. The van der Waals surface area contributed by atoms with E-state index in [9.17, 15) is 14.4 Å². The number of aldehydes is 1. The van der Waals surface area contributed by atoms with E-state index in [1.807, 2.05) is 0 Å². The minimum Gasteiger partial charge on any atom is -0.399 e. The van der Waals surface area contributed by atoms with Crippen LogP contribution in [0.5, 0.6) is 5.88 Å². The molecule has 1 heterocycles. The van der Waals surface area contributed by atoms with Crippen LogP contribution in [0, 0.1) is 0 Å². The molecule has 0 aliphatic heterocycles. The summed E-state index contributed by atoms with van der Waals surface area (Å²) in [6, 6.07) is 0. The number of rotatable bonds is 4. The zero-order valence-corrected chi connectivity index (χ0v) is 12.2. The summed E-state index contributed by atoms with van der Waals surface area (Å²) in [5, 5.41) is 2.40. The molecule has 0 aromatic carbocycles. The van der Waals surface area contributed by atoms with Crippen molar-refractivity contribution in [2.24, 2.45) is 0 Å². The van der Waals surface area contributed by atoms with Gasteiger partial charge in [-0.2, -0.15) is 4.98 Å². The molecular weight excluding hydrogens is 271 g/mol. The Morgan fingerprint density at radius 1 is 1.53 bits per heavy atom. The van der Waals surface area contributed by atoms with E-state index in [4.69, 9.17) is 11.6 Å². The first-order valence-corrected chi connectivity index (χ1v) is 4.40. The summed E-state index contributed by atoms with van der Waals surface area (Å²) in [6.45, 7) is 0. The van der Waals surface area contributed by atoms with Gasteiger partial charge in [-0.25, -0.2) is 4.79 Å². The molecular formula is C6H3ClKN2O4S. The smallest absolute Gasteiger partial charge is 0.378 e. The molecule has 1 rings (SSSR count). The number of anilines is 1. The predicted octanol–water partition coefficient (Wildman–Crippen LogP) is 0.0883. The van der Waals surface area contributed by atoms with Crippen LogP contribution >= 0.6 is 22.9 Å². The van der Waals surface area contributed by atoms with Crippen molar-refractivity contribution in [1.29, 1.82) is 0 Å². The molecule has 75 valence electrons. The standard InChI is InChI=1S/C6H3ClN2O4S.K/c7-4-5(13-3(12)1-10)9-6(14-4)8-2-11;/h1-2H,(H,8,9,11);. The Hall–Kier alpha value is 0.166. The molecule has 0 spiro atoms. The summed E-state index contributed by atoms with van der Waals surface area (Å²) >= 11 is 6.50. The quantitative estimate of drug-likeness (QED) is 0.364. The molecule has 0 bridgehead atoms. The molecule has 0 aliphatic rings. The fourth-order valence-electron chi connectivity index (χ4n) is 0.582. The Morgan fingerprint density at radius 3 is 2.73 bits per heavy atom. The van der Waals surface area contributed by atoms with Crippen molar-refractivity contribution in [3.05, 3.63) is 4.34 Å². The molecule has 0 saturated heterocycles. The Bertz CT molecular complexity index is 383. The van der Waals surface area contributed by atoms with Crippen molar-refractivity contribution < 1.29 is 19.1 Å². The van der Waals surface area contributed by atoms with Crippen molar-refractivity contribution in [2.75, 3.05) is 5.32 Å². The zero-order valence-electron chi connectivity index (χ0n) is 7.52. The SMILES string of the molecule is O=CNc1nc(OC(=O)C=O)c(Cl)s1.[K]. The van der Waals surface area contributed by atoms with Gasteiger partial charge in [-0.1, -0.05) is 22.9 Å². The normalized spacial score (nSPS) is 8.60.